The molecule has 5 heteroatoms. The smallest absolute Gasteiger partial charge is 0.291 e. The van der Waals surface area contributed by atoms with Gasteiger partial charge in [-0.05, 0) is 30.3 Å². The van der Waals surface area contributed by atoms with Gasteiger partial charge >= 0.3 is 0 Å². The lowest BCUT2D eigenvalue weighted by molar-refractivity contribution is 0.0999. The van der Waals surface area contributed by atoms with E-state index in [9.17, 15) is 4.79 Å². The van der Waals surface area contributed by atoms with Crippen LogP contribution in [0.25, 0.3) is 21.9 Å². The van der Waals surface area contributed by atoms with Crippen LogP contribution in [-0.4, -0.2) is 10.9 Å². The van der Waals surface area contributed by atoms with E-state index in [0.29, 0.717) is 11.3 Å². The van der Waals surface area contributed by atoms with E-state index in [-0.39, 0.29) is 5.91 Å². The van der Waals surface area contributed by atoms with E-state index in [0.717, 1.165) is 26.4 Å². The van der Waals surface area contributed by atoms with Gasteiger partial charge in [-0.2, -0.15) is 0 Å². The van der Waals surface area contributed by atoms with Gasteiger partial charge in [0.2, 0.25) is 0 Å². The molecule has 0 bridgehead atoms. The van der Waals surface area contributed by atoms with Gasteiger partial charge < -0.3 is 14.7 Å². The number of fused-ring (bicyclic) bond motifs is 2. The third-order valence-corrected chi connectivity index (χ3v) is 4.04. The van der Waals surface area contributed by atoms with E-state index in [2.05, 4.69) is 26.2 Å². The van der Waals surface area contributed by atoms with Crippen molar-refractivity contribution in [3.63, 3.8) is 0 Å². The first-order valence-corrected chi connectivity index (χ1v) is 7.56. The Bertz CT molecular complexity index is 1000. The molecule has 4 rings (SSSR count). The molecular formula is C17H11BrN2O2. The number of nitrogens with one attached hydrogen (secondary N) is 2. The third kappa shape index (κ3) is 2.19. The maximum atomic E-state index is 12.4. The van der Waals surface area contributed by atoms with Gasteiger partial charge in [0.15, 0.2) is 5.76 Å². The summed E-state index contributed by atoms with van der Waals surface area (Å²) in [7, 11) is 0. The summed E-state index contributed by atoms with van der Waals surface area (Å²) in [5.41, 5.74) is 2.40. The topological polar surface area (TPSA) is 58.0 Å². The van der Waals surface area contributed by atoms with Crippen LogP contribution in [0.1, 0.15) is 10.6 Å². The summed E-state index contributed by atoms with van der Waals surface area (Å²) in [5, 5.41) is 4.74. The summed E-state index contributed by atoms with van der Waals surface area (Å²) in [6, 6.07) is 15.2. The standard InChI is InChI=1S/C17H11BrN2O2/c18-11-6-5-10-7-16(22-15(10)8-11)17(21)20-14-9-19-13-4-2-1-3-12(13)14/h1-9,19H,(H,20,21). The maximum Gasteiger partial charge on any atom is 0.291 e. The number of furan rings is 1. The molecule has 2 heterocycles. The number of carbonyl (C=O) groups excluding carboxylic acids is 1. The molecule has 108 valence electrons. The quantitative estimate of drug-likeness (QED) is 0.536. The van der Waals surface area contributed by atoms with Crippen molar-refractivity contribution in [2.45, 2.75) is 0 Å². The van der Waals surface area contributed by atoms with Gasteiger partial charge in [-0.3, -0.25) is 4.79 Å². The second-order valence-corrected chi connectivity index (χ2v) is 5.91. The molecule has 0 saturated heterocycles. The van der Waals surface area contributed by atoms with Gasteiger partial charge in [-0.15, -0.1) is 0 Å². The number of carbonyl (C=O) groups is 1. The highest BCUT2D eigenvalue weighted by Crippen LogP contribution is 2.26. The zero-order chi connectivity index (χ0) is 15.1. The lowest BCUT2D eigenvalue weighted by atomic mass is 10.2. The first-order chi connectivity index (χ1) is 10.7. The van der Waals surface area contributed by atoms with Crippen LogP contribution in [0.4, 0.5) is 5.69 Å². The SMILES string of the molecule is O=C(Nc1c[nH]c2ccccc12)c1cc2ccc(Br)cc2o1. The van der Waals surface area contributed by atoms with Gasteiger partial charge in [-0.1, -0.05) is 34.1 Å². The molecule has 4 nitrogen and oxygen atoms in total. The highest BCUT2D eigenvalue weighted by molar-refractivity contribution is 9.10. The Hall–Kier alpha value is -2.53. The summed E-state index contributed by atoms with van der Waals surface area (Å²) in [4.78, 5) is 15.5. The fourth-order valence-electron chi connectivity index (χ4n) is 2.48. The molecular weight excluding hydrogens is 344 g/mol. The summed E-state index contributed by atoms with van der Waals surface area (Å²) in [5.74, 6) is 0.0236. The van der Waals surface area contributed by atoms with Crippen molar-refractivity contribution < 1.29 is 9.21 Å². The largest absolute Gasteiger partial charge is 0.451 e. The van der Waals surface area contributed by atoms with E-state index in [1.165, 1.54) is 0 Å². The minimum absolute atomic E-state index is 0.267. The average molecular weight is 355 g/mol. The number of para-hydroxylation sites is 1. The van der Waals surface area contributed by atoms with Crippen molar-refractivity contribution in [3.8, 4) is 0 Å². The second-order valence-electron chi connectivity index (χ2n) is 4.99. The van der Waals surface area contributed by atoms with E-state index in [1.807, 2.05) is 42.5 Å². The highest BCUT2D eigenvalue weighted by atomic mass is 79.9. The fourth-order valence-corrected chi connectivity index (χ4v) is 2.82. The molecule has 0 aliphatic carbocycles. The van der Waals surface area contributed by atoms with Crippen LogP contribution in [0.2, 0.25) is 0 Å². The number of hydrogen-bond donors (Lipinski definition) is 2. The molecule has 1 amide bonds. The zero-order valence-corrected chi connectivity index (χ0v) is 13.0. The van der Waals surface area contributed by atoms with Crippen LogP contribution >= 0.6 is 15.9 Å². The van der Waals surface area contributed by atoms with E-state index >= 15 is 0 Å². The van der Waals surface area contributed by atoms with E-state index in [1.54, 1.807) is 12.3 Å². The number of benzene rings is 2. The van der Waals surface area contributed by atoms with E-state index < -0.39 is 0 Å². The number of hydrogen-bond acceptors (Lipinski definition) is 2. The Morgan fingerprint density at radius 1 is 1.14 bits per heavy atom. The molecule has 0 atom stereocenters. The molecule has 2 N–H and O–H groups in total. The first-order valence-electron chi connectivity index (χ1n) is 6.77. The molecule has 0 fully saturated rings. The number of aromatic nitrogens is 1. The highest BCUT2D eigenvalue weighted by Gasteiger charge is 2.14. The normalized spacial score (nSPS) is 11.1. The van der Waals surface area contributed by atoms with Crippen LogP contribution < -0.4 is 5.32 Å². The minimum atomic E-state index is -0.267. The molecule has 0 aliphatic rings. The van der Waals surface area contributed by atoms with Gasteiger partial charge in [0, 0.05) is 27.0 Å². The summed E-state index contributed by atoms with van der Waals surface area (Å²) in [6.07, 6.45) is 1.78. The first kappa shape index (κ1) is 13.2. The van der Waals surface area contributed by atoms with Crippen molar-refractivity contribution in [1.29, 1.82) is 0 Å². The number of rotatable bonds is 2. The van der Waals surface area contributed by atoms with Crippen LogP contribution in [0, 0.1) is 0 Å². The Balaban J connectivity index is 1.68. The van der Waals surface area contributed by atoms with Gasteiger partial charge in [-0.25, -0.2) is 0 Å². The predicted molar refractivity (Wildman–Crippen MR) is 90.2 cm³/mol. The number of anilines is 1. The average Bonchev–Trinajstić information content (AvgIpc) is 3.11. The maximum absolute atomic E-state index is 12.4. The molecule has 0 aliphatic heterocycles. The lowest BCUT2D eigenvalue weighted by Gasteiger charge is -2.00. The van der Waals surface area contributed by atoms with Crippen molar-refractivity contribution >= 4 is 49.4 Å². The van der Waals surface area contributed by atoms with Gasteiger partial charge in [0.1, 0.15) is 5.58 Å². The molecule has 0 spiro atoms. The Morgan fingerprint density at radius 3 is 2.91 bits per heavy atom. The number of halogens is 1. The third-order valence-electron chi connectivity index (χ3n) is 3.54. The number of H-pyrrole nitrogens is 1. The van der Waals surface area contributed by atoms with E-state index in [4.69, 9.17) is 4.42 Å². The Kier molecular flexibility index (Phi) is 3.01. The van der Waals surface area contributed by atoms with Crippen LogP contribution in [-0.2, 0) is 0 Å². The van der Waals surface area contributed by atoms with Crippen LogP contribution in [0.5, 0.6) is 0 Å². The fraction of sp³-hybridized carbons (Fsp3) is 0. The Morgan fingerprint density at radius 2 is 2.00 bits per heavy atom. The van der Waals surface area contributed by atoms with Crippen molar-refractivity contribution in [1.82, 2.24) is 4.98 Å². The molecule has 0 radical (unpaired) electrons. The van der Waals surface area contributed by atoms with Crippen LogP contribution in [0.15, 0.2) is 63.6 Å². The zero-order valence-electron chi connectivity index (χ0n) is 11.4. The minimum Gasteiger partial charge on any atom is -0.451 e. The monoisotopic (exact) mass is 354 g/mol. The number of amides is 1. The molecule has 0 unspecified atom stereocenters. The Labute approximate surface area is 134 Å². The van der Waals surface area contributed by atoms with Gasteiger partial charge in [0.25, 0.3) is 5.91 Å². The molecule has 2 aromatic heterocycles. The molecule has 22 heavy (non-hydrogen) atoms. The summed E-state index contributed by atoms with van der Waals surface area (Å²) >= 11 is 3.39. The van der Waals surface area contributed by atoms with Crippen molar-refractivity contribution in [2.24, 2.45) is 0 Å². The molecule has 0 saturated carbocycles. The lowest BCUT2D eigenvalue weighted by Crippen LogP contribution is -2.10. The summed E-state index contributed by atoms with van der Waals surface area (Å²) < 4.78 is 6.53. The molecule has 2 aromatic carbocycles. The van der Waals surface area contributed by atoms with Crippen LogP contribution in [0.3, 0.4) is 0 Å². The van der Waals surface area contributed by atoms with Crippen molar-refractivity contribution in [2.75, 3.05) is 5.32 Å². The second kappa shape index (κ2) is 5.03. The van der Waals surface area contributed by atoms with Gasteiger partial charge in [0.05, 0.1) is 5.69 Å². The number of aromatic amines is 1. The predicted octanol–water partition coefficient (Wildman–Crippen LogP) is 4.93. The van der Waals surface area contributed by atoms with Crippen molar-refractivity contribution in [3.05, 3.63) is 65.0 Å². The summed E-state index contributed by atoms with van der Waals surface area (Å²) in [6.45, 7) is 0. The molecule has 4 aromatic rings.